The normalized spacial score (nSPS) is 11.8. The van der Waals surface area contributed by atoms with Gasteiger partial charge in [-0.3, -0.25) is 14.8 Å². The molecule has 32 heavy (non-hydrogen) atoms. The van der Waals surface area contributed by atoms with E-state index in [9.17, 15) is 18.4 Å². The third-order valence-electron chi connectivity index (χ3n) is 5.57. The molecule has 0 aliphatic heterocycles. The summed E-state index contributed by atoms with van der Waals surface area (Å²) in [5.41, 5.74) is 4.00. The van der Waals surface area contributed by atoms with Crippen molar-refractivity contribution in [3.05, 3.63) is 84.9 Å². The zero-order chi connectivity index (χ0) is 23.2. The maximum absolute atomic E-state index is 13.1. The van der Waals surface area contributed by atoms with Crippen molar-refractivity contribution in [1.29, 1.82) is 0 Å². The van der Waals surface area contributed by atoms with E-state index in [1.807, 2.05) is 37.2 Å². The Bertz CT molecular complexity index is 1410. The second-order valence-corrected chi connectivity index (χ2v) is 8.19. The van der Waals surface area contributed by atoms with Crippen molar-refractivity contribution >= 4 is 11.0 Å². The predicted octanol–water partition coefficient (Wildman–Crippen LogP) is 4.07. The van der Waals surface area contributed by atoms with Crippen LogP contribution in [0.4, 0.5) is 8.78 Å². The SMILES string of the molecule is Cc1cc(-n2nc(C(F)F)c(=O)[nH]c2=O)cc(C)c1Cc1ccc2[nH]cc(C(C)C)c2n1. The van der Waals surface area contributed by atoms with Gasteiger partial charge in [0.05, 0.1) is 16.7 Å². The zero-order valence-electron chi connectivity index (χ0n) is 18.2. The molecular formula is C23H23F2N5O2. The van der Waals surface area contributed by atoms with Gasteiger partial charge in [0.2, 0.25) is 0 Å². The number of aromatic nitrogens is 5. The van der Waals surface area contributed by atoms with E-state index in [0.717, 1.165) is 43.7 Å². The molecule has 3 aromatic heterocycles. The Morgan fingerprint density at radius 2 is 1.78 bits per heavy atom. The summed E-state index contributed by atoms with van der Waals surface area (Å²) in [6.07, 6.45) is -0.524. The molecule has 4 rings (SSSR count). The van der Waals surface area contributed by atoms with E-state index in [0.29, 0.717) is 18.0 Å². The van der Waals surface area contributed by atoms with Crippen LogP contribution in [0.1, 0.15) is 59.8 Å². The van der Waals surface area contributed by atoms with Gasteiger partial charge in [-0.1, -0.05) is 13.8 Å². The first-order chi connectivity index (χ1) is 15.2. The van der Waals surface area contributed by atoms with Crippen LogP contribution >= 0.6 is 0 Å². The highest BCUT2D eigenvalue weighted by Gasteiger charge is 2.18. The van der Waals surface area contributed by atoms with E-state index in [1.165, 1.54) is 0 Å². The second kappa shape index (κ2) is 8.14. The molecule has 9 heteroatoms. The van der Waals surface area contributed by atoms with Gasteiger partial charge in [-0.15, -0.1) is 0 Å². The minimum Gasteiger partial charge on any atom is -0.360 e. The number of rotatable bonds is 5. The van der Waals surface area contributed by atoms with Crippen molar-refractivity contribution in [2.24, 2.45) is 0 Å². The average molecular weight is 439 g/mol. The monoisotopic (exact) mass is 439 g/mol. The number of fused-ring (bicyclic) bond motifs is 1. The molecule has 0 atom stereocenters. The van der Waals surface area contributed by atoms with Crippen LogP contribution in [0.3, 0.4) is 0 Å². The highest BCUT2D eigenvalue weighted by Crippen LogP contribution is 2.26. The largest absolute Gasteiger partial charge is 0.360 e. The molecule has 0 aliphatic carbocycles. The van der Waals surface area contributed by atoms with Crippen LogP contribution < -0.4 is 11.2 Å². The van der Waals surface area contributed by atoms with Crippen LogP contribution in [-0.2, 0) is 6.42 Å². The summed E-state index contributed by atoms with van der Waals surface area (Å²) in [6.45, 7) is 8.00. The molecule has 2 N–H and O–H groups in total. The third kappa shape index (κ3) is 3.86. The van der Waals surface area contributed by atoms with Gasteiger partial charge in [0.1, 0.15) is 0 Å². The van der Waals surface area contributed by atoms with Crippen molar-refractivity contribution in [1.82, 2.24) is 24.7 Å². The minimum absolute atomic E-state index is 0.308. The number of benzene rings is 1. The molecule has 7 nitrogen and oxygen atoms in total. The van der Waals surface area contributed by atoms with Crippen LogP contribution in [0.2, 0.25) is 0 Å². The van der Waals surface area contributed by atoms with Crippen molar-refractivity contribution in [3.63, 3.8) is 0 Å². The number of hydrogen-bond acceptors (Lipinski definition) is 4. The van der Waals surface area contributed by atoms with Crippen LogP contribution in [0.25, 0.3) is 16.7 Å². The summed E-state index contributed by atoms with van der Waals surface area (Å²) in [6, 6.07) is 7.37. The number of nitrogens with one attached hydrogen (secondary N) is 2. The molecule has 3 heterocycles. The van der Waals surface area contributed by atoms with Crippen LogP contribution in [0.15, 0.2) is 40.1 Å². The molecule has 0 spiro atoms. The fraction of sp³-hybridized carbons (Fsp3) is 0.304. The van der Waals surface area contributed by atoms with Crippen LogP contribution in [0.5, 0.6) is 0 Å². The molecular weight excluding hydrogens is 416 g/mol. The van der Waals surface area contributed by atoms with Gasteiger partial charge < -0.3 is 4.98 Å². The molecule has 4 aromatic rings. The number of H-pyrrole nitrogens is 2. The lowest BCUT2D eigenvalue weighted by molar-refractivity contribution is 0.141. The van der Waals surface area contributed by atoms with Crippen molar-refractivity contribution < 1.29 is 8.78 Å². The molecule has 0 fully saturated rings. The Labute approximate surface area is 182 Å². The number of aromatic amines is 2. The predicted molar refractivity (Wildman–Crippen MR) is 118 cm³/mol. The molecule has 1 aromatic carbocycles. The fourth-order valence-corrected chi connectivity index (χ4v) is 3.88. The van der Waals surface area contributed by atoms with E-state index in [-0.39, 0.29) is 0 Å². The molecule has 0 bridgehead atoms. The highest BCUT2D eigenvalue weighted by atomic mass is 19.3. The Balaban J connectivity index is 1.74. The maximum atomic E-state index is 13.1. The topological polar surface area (TPSA) is 96.4 Å². The molecule has 0 radical (unpaired) electrons. The van der Waals surface area contributed by atoms with Crippen molar-refractivity contribution in [2.45, 2.75) is 46.5 Å². The standard InChI is InChI=1S/C23H23F2N5O2/c1-11(2)17-10-26-18-6-5-14(27-19(17)18)9-16-12(3)7-15(8-13(16)4)30-23(32)28-22(31)20(29-30)21(24)25/h5-8,10-11,21,26H,9H2,1-4H3,(H,28,31,32). The molecule has 166 valence electrons. The molecule has 0 amide bonds. The number of aryl methyl sites for hydroxylation is 2. The van der Waals surface area contributed by atoms with E-state index in [1.54, 1.807) is 12.1 Å². The van der Waals surface area contributed by atoms with Gasteiger partial charge in [-0.05, 0) is 66.3 Å². The summed E-state index contributed by atoms with van der Waals surface area (Å²) in [5, 5.41) is 3.59. The first-order valence-corrected chi connectivity index (χ1v) is 10.2. The van der Waals surface area contributed by atoms with E-state index >= 15 is 0 Å². The third-order valence-corrected chi connectivity index (χ3v) is 5.57. The first kappa shape index (κ1) is 21.6. The molecule has 0 saturated heterocycles. The summed E-state index contributed by atoms with van der Waals surface area (Å²) in [7, 11) is 0. The lowest BCUT2D eigenvalue weighted by atomic mass is 9.97. The fourth-order valence-electron chi connectivity index (χ4n) is 3.88. The second-order valence-electron chi connectivity index (χ2n) is 8.19. The van der Waals surface area contributed by atoms with E-state index in [2.05, 4.69) is 23.9 Å². The number of hydrogen-bond donors (Lipinski definition) is 2. The van der Waals surface area contributed by atoms with Gasteiger partial charge in [0.25, 0.3) is 12.0 Å². The van der Waals surface area contributed by atoms with Gasteiger partial charge >= 0.3 is 5.69 Å². The summed E-state index contributed by atoms with van der Waals surface area (Å²) in [5.74, 6) is 0.343. The molecule has 0 unspecified atom stereocenters. The number of nitrogens with zero attached hydrogens (tertiary/aromatic N) is 3. The van der Waals surface area contributed by atoms with Gasteiger partial charge in [0, 0.05) is 18.3 Å². The van der Waals surface area contributed by atoms with Crippen LogP contribution in [0, 0.1) is 13.8 Å². The first-order valence-electron chi connectivity index (χ1n) is 10.2. The molecule has 0 saturated carbocycles. The smallest absolute Gasteiger partial charge is 0.349 e. The minimum atomic E-state index is -3.09. The quantitative estimate of drug-likeness (QED) is 0.490. The van der Waals surface area contributed by atoms with Gasteiger partial charge in [-0.2, -0.15) is 9.78 Å². The Morgan fingerprint density at radius 3 is 2.41 bits per heavy atom. The maximum Gasteiger partial charge on any atom is 0.349 e. The summed E-state index contributed by atoms with van der Waals surface area (Å²) >= 11 is 0. The summed E-state index contributed by atoms with van der Waals surface area (Å²) < 4.78 is 27.0. The van der Waals surface area contributed by atoms with Crippen molar-refractivity contribution in [3.8, 4) is 5.69 Å². The Kier molecular flexibility index (Phi) is 5.50. The van der Waals surface area contributed by atoms with Gasteiger partial charge in [-0.25, -0.2) is 13.6 Å². The number of pyridine rings is 1. The number of halogens is 2. The van der Waals surface area contributed by atoms with E-state index < -0.39 is 23.4 Å². The average Bonchev–Trinajstić information content (AvgIpc) is 3.14. The highest BCUT2D eigenvalue weighted by molar-refractivity contribution is 5.79. The lowest BCUT2D eigenvalue weighted by Crippen LogP contribution is -2.34. The van der Waals surface area contributed by atoms with Crippen LogP contribution in [-0.4, -0.2) is 24.7 Å². The van der Waals surface area contributed by atoms with Crippen molar-refractivity contribution in [2.75, 3.05) is 0 Å². The summed E-state index contributed by atoms with van der Waals surface area (Å²) in [4.78, 5) is 33.8. The lowest BCUT2D eigenvalue weighted by Gasteiger charge is -2.14. The number of alkyl halides is 2. The molecule has 0 aliphatic rings. The van der Waals surface area contributed by atoms with Gasteiger partial charge in [0.15, 0.2) is 5.69 Å². The Hall–Kier alpha value is -3.62. The zero-order valence-corrected chi connectivity index (χ0v) is 18.2. The Morgan fingerprint density at radius 1 is 1.09 bits per heavy atom. The van der Waals surface area contributed by atoms with E-state index in [4.69, 9.17) is 4.98 Å².